The van der Waals surface area contributed by atoms with Gasteiger partial charge in [0.25, 0.3) is 0 Å². The Kier molecular flexibility index (Phi) is 6.39. The Labute approximate surface area is 196 Å². The summed E-state index contributed by atoms with van der Waals surface area (Å²) in [5.74, 6) is 0.712. The predicted octanol–water partition coefficient (Wildman–Crippen LogP) is 2.99. The number of hydrogen-bond donors (Lipinski definition) is 0. The number of hydrogen-bond acceptors (Lipinski definition) is 8. The number of methoxy groups -OCH3 is 1. The standard InChI is InChI=1S/C24H26F2N6O2/c1-33-21-15-18(25)17(14-19(21)26)20-16-23(31-10-12-34-13-11-31)29-24(28-20)32-8-6-30(7-9-32)22-4-2-3-5-27-22/h2-5,14-16H,6-13H2,1H3. The number of aromatic nitrogens is 3. The van der Waals surface area contributed by atoms with Gasteiger partial charge >= 0.3 is 0 Å². The number of morpholine rings is 1. The molecule has 0 saturated carbocycles. The smallest absolute Gasteiger partial charge is 0.228 e. The zero-order valence-electron chi connectivity index (χ0n) is 19.0. The Hall–Kier alpha value is -3.53. The SMILES string of the molecule is COc1cc(F)c(-c2cc(N3CCOCC3)nc(N3CCN(c4ccccn4)CC3)n2)cc1F. The summed E-state index contributed by atoms with van der Waals surface area (Å²) in [7, 11) is 1.31. The van der Waals surface area contributed by atoms with Gasteiger partial charge in [-0.3, -0.25) is 0 Å². The average Bonchev–Trinajstić information content (AvgIpc) is 2.90. The van der Waals surface area contributed by atoms with Crippen LogP contribution in [0.4, 0.5) is 26.4 Å². The van der Waals surface area contributed by atoms with E-state index in [0.29, 0.717) is 56.9 Å². The monoisotopic (exact) mass is 468 g/mol. The molecule has 1 aromatic carbocycles. The molecule has 5 rings (SSSR count). The first kappa shape index (κ1) is 22.3. The van der Waals surface area contributed by atoms with Crippen LogP contribution in [-0.4, -0.2) is 74.5 Å². The Morgan fingerprint density at radius 1 is 0.824 bits per heavy atom. The van der Waals surface area contributed by atoms with Gasteiger partial charge in [0.2, 0.25) is 5.95 Å². The topological polar surface area (TPSA) is 66.9 Å². The van der Waals surface area contributed by atoms with Crippen molar-refractivity contribution in [2.24, 2.45) is 0 Å². The van der Waals surface area contributed by atoms with Gasteiger partial charge in [-0.25, -0.2) is 18.7 Å². The summed E-state index contributed by atoms with van der Waals surface area (Å²) >= 11 is 0. The molecule has 4 heterocycles. The van der Waals surface area contributed by atoms with E-state index in [0.717, 1.165) is 31.0 Å². The minimum Gasteiger partial charge on any atom is -0.494 e. The molecule has 0 bridgehead atoms. The maximum absolute atomic E-state index is 14.9. The molecule has 0 atom stereocenters. The molecule has 2 aliphatic heterocycles. The van der Waals surface area contributed by atoms with Crippen molar-refractivity contribution in [3.8, 4) is 17.0 Å². The molecule has 178 valence electrons. The van der Waals surface area contributed by atoms with Crippen LogP contribution in [0.15, 0.2) is 42.6 Å². The normalized spacial score (nSPS) is 16.6. The van der Waals surface area contributed by atoms with Crippen LogP contribution < -0.4 is 19.4 Å². The third-order valence-corrected chi connectivity index (χ3v) is 6.09. The summed E-state index contributed by atoms with van der Waals surface area (Å²) in [4.78, 5) is 20.3. The summed E-state index contributed by atoms with van der Waals surface area (Å²) in [6.45, 7) is 5.38. The minimum atomic E-state index is -0.643. The third-order valence-electron chi connectivity index (χ3n) is 6.09. The summed E-state index contributed by atoms with van der Waals surface area (Å²) in [5, 5.41) is 0. The summed E-state index contributed by atoms with van der Waals surface area (Å²) in [6, 6.07) is 9.74. The number of benzene rings is 1. The largest absolute Gasteiger partial charge is 0.494 e. The van der Waals surface area contributed by atoms with Crippen molar-refractivity contribution in [2.45, 2.75) is 0 Å². The lowest BCUT2D eigenvalue weighted by atomic mass is 10.1. The second kappa shape index (κ2) is 9.76. The molecule has 10 heteroatoms. The van der Waals surface area contributed by atoms with Crippen LogP contribution in [0, 0.1) is 11.6 Å². The highest BCUT2D eigenvalue weighted by molar-refractivity contribution is 5.67. The number of halogens is 2. The van der Waals surface area contributed by atoms with Crippen molar-refractivity contribution >= 4 is 17.6 Å². The second-order valence-electron chi connectivity index (χ2n) is 8.14. The van der Waals surface area contributed by atoms with Crippen LogP contribution >= 0.6 is 0 Å². The number of anilines is 3. The number of ether oxygens (including phenoxy) is 2. The molecule has 0 spiro atoms. The zero-order valence-corrected chi connectivity index (χ0v) is 19.0. The molecule has 8 nitrogen and oxygen atoms in total. The van der Waals surface area contributed by atoms with Crippen LogP contribution in [0.2, 0.25) is 0 Å². The van der Waals surface area contributed by atoms with Crippen LogP contribution in [0.5, 0.6) is 5.75 Å². The van der Waals surface area contributed by atoms with Crippen LogP contribution in [0.1, 0.15) is 0 Å². The quantitative estimate of drug-likeness (QED) is 0.566. The van der Waals surface area contributed by atoms with Gasteiger partial charge in [-0.1, -0.05) is 6.07 Å². The fourth-order valence-corrected chi connectivity index (χ4v) is 4.21. The van der Waals surface area contributed by atoms with Gasteiger partial charge in [0.05, 0.1) is 26.0 Å². The molecule has 2 saturated heterocycles. The van der Waals surface area contributed by atoms with E-state index in [-0.39, 0.29) is 11.3 Å². The van der Waals surface area contributed by atoms with E-state index < -0.39 is 11.6 Å². The number of nitrogens with zero attached hydrogens (tertiary/aromatic N) is 6. The molecular formula is C24H26F2N6O2. The lowest BCUT2D eigenvalue weighted by Gasteiger charge is -2.36. The van der Waals surface area contributed by atoms with E-state index in [4.69, 9.17) is 14.5 Å². The molecule has 0 radical (unpaired) electrons. The second-order valence-corrected chi connectivity index (χ2v) is 8.14. The molecule has 0 unspecified atom stereocenters. The molecule has 34 heavy (non-hydrogen) atoms. The van der Waals surface area contributed by atoms with E-state index in [1.54, 1.807) is 12.3 Å². The van der Waals surface area contributed by atoms with Crippen molar-refractivity contribution in [1.29, 1.82) is 0 Å². The zero-order chi connectivity index (χ0) is 23.5. The first-order valence-corrected chi connectivity index (χ1v) is 11.3. The third kappa shape index (κ3) is 4.58. The maximum atomic E-state index is 14.9. The van der Waals surface area contributed by atoms with E-state index >= 15 is 0 Å². The van der Waals surface area contributed by atoms with E-state index in [2.05, 4.69) is 24.7 Å². The van der Waals surface area contributed by atoms with Gasteiger partial charge in [-0.2, -0.15) is 4.98 Å². The van der Waals surface area contributed by atoms with Gasteiger partial charge in [0.1, 0.15) is 17.5 Å². The fourth-order valence-electron chi connectivity index (χ4n) is 4.21. The Morgan fingerprint density at radius 2 is 1.56 bits per heavy atom. The number of rotatable bonds is 5. The highest BCUT2D eigenvalue weighted by Gasteiger charge is 2.24. The molecule has 0 N–H and O–H groups in total. The van der Waals surface area contributed by atoms with Crippen LogP contribution in [0.25, 0.3) is 11.3 Å². The summed E-state index contributed by atoms with van der Waals surface area (Å²) in [6.07, 6.45) is 1.78. The van der Waals surface area contributed by atoms with Crippen LogP contribution in [-0.2, 0) is 4.74 Å². The van der Waals surface area contributed by atoms with Gasteiger partial charge in [-0.05, 0) is 18.2 Å². The number of piperazine rings is 1. The molecule has 0 amide bonds. The lowest BCUT2D eigenvalue weighted by Crippen LogP contribution is -2.47. The fraction of sp³-hybridized carbons (Fsp3) is 0.375. The van der Waals surface area contributed by atoms with Crippen molar-refractivity contribution in [1.82, 2.24) is 15.0 Å². The van der Waals surface area contributed by atoms with Crippen molar-refractivity contribution in [3.05, 3.63) is 54.2 Å². The lowest BCUT2D eigenvalue weighted by molar-refractivity contribution is 0.122. The molecule has 2 aliphatic rings. The average molecular weight is 469 g/mol. The first-order chi connectivity index (χ1) is 16.6. The molecule has 2 aromatic heterocycles. The van der Waals surface area contributed by atoms with Gasteiger partial charge in [-0.15, -0.1) is 0 Å². The summed E-state index contributed by atoms with van der Waals surface area (Å²) in [5.41, 5.74) is 0.404. The number of pyridine rings is 1. The minimum absolute atomic E-state index is 0.0728. The highest BCUT2D eigenvalue weighted by atomic mass is 19.1. The van der Waals surface area contributed by atoms with E-state index in [1.807, 2.05) is 18.2 Å². The van der Waals surface area contributed by atoms with E-state index in [9.17, 15) is 8.78 Å². The van der Waals surface area contributed by atoms with Crippen LogP contribution in [0.3, 0.4) is 0 Å². The molecule has 2 fully saturated rings. The molecule has 0 aliphatic carbocycles. The Balaban J connectivity index is 1.47. The predicted molar refractivity (Wildman–Crippen MR) is 126 cm³/mol. The Morgan fingerprint density at radius 3 is 2.26 bits per heavy atom. The van der Waals surface area contributed by atoms with Crippen molar-refractivity contribution in [3.63, 3.8) is 0 Å². The van der Waals surface area contributed by atoms with Gasteiger partial charge in [0, 0.05) is 63.2 Å². The molecular weight excluding hydrogens is 442 g/mol. The highest BCUT2D eigenvalue weighted by Crippen LogP contribution is 2.31. The van der Waals surface area contributed by atoms with Crippen molar-refractivity contribution in [2.75, 3.05) is 74.3 Å². The van der Waals surface area contributed by atoms with E-state index in [1.165, 1.54) is 7.11 Å². The summed E-state index contributed by atoms with van der Waals surface area (Å²) < 4.78 is 39.7. The molecule has 3 aromatic rings. The van der Waals surface area contributed by atoms with Gasteiger partial charge < -0.3 is 24.2 Å². The Bertz CT molecular complexity index is 1140. The van der Waals surface area contributed by atoms with Crippen molar-refractivity contribution < 1.29 is 18.3 Å². The van der Waals surface area contributed by atoms with Gasteiger partial charge in [0.15, 0.2) is 11.6 Å². The maximum Gasteiger partial charge on any atom is 0.228 e. The first-order valence-electron chi connectivity index (χ1n) is 11.3.